The van der Waals surface area contributed by atoms with E-state index in [1.165, 1.54) is 6.92 Å². The molecule has 0 amide bonds. The molecule has 2 rings (SSSR count). The lowest BCUT2D eigenvalue weighted by Gasteiger charge is -2.32. The summed E-state index contributed by atoms with van der Waals surface area (Å²) in [6, 6.07) is 6.94. The summed E-state index contributed by atoms with van der Waals surface area (Å²) in [5.41, 5.74) is 0. The molecular weight excluding hydrogens is 419 g/mol. The number of rotatable bonds is 9. The van der Waals surface area contributed by atoms with Gasteiger partial charge in [-0.1, -0.05) is 18.2 Å². The topological polar surface area (TPSA) is 103 Å². The van der Waals surface area contributed by atoms with Gasteiger partial charge in [0.1, 0.15) is 31.8 Å². The summed E-state index contributed by atoms with van der Waals surface area (Å²) in [5, 5.41) is 12.3. The molecule has 29 heavy (non-hydrogen) atoms. The van der Waals surface area contributed by atoms with Crippen LogP contribution in [0.5, 0.6) is 5.75 Å². The number of alkyl halides is 1. The highest BCUT2D eigenvalue weighted by Gasteiger charge is 2.54. The van der Waals surface area contributed by atoms with Gasteiger partial charge in [-0.15, -0.1) is 11.6 Å². The zero-order chi connectivity index (χ0) is 21.8. The molecule has 1 aromatic rings. The number of esters is 1. The number of nitrogens with one attached hydrogen (secondary N) is 1. The van der Waals surface area contributed by atoms with Crippen LogP contribution in [0.3, 0.4) is 0 Å². The van der Waals surface area contributed by atoms with Gasteiger partial charge in [-0.3, -0.25) is 9.32 Å². The number of benzene rings is 1. The summed E-state index contributed by atoms with van der Waals surface area (Å²) in [7, 11) is -2.39. The third kappa shape index (κ3) is 6.20. The number of hydrogen-bond acceptors (Lipinski definition) is 7. The number of ether oxygens (including phenoxy) is 2. The minimum absolute atomic E-state index is 0.275. The molecule has 11 heteroatoms. The first kappa shape index (κ1) is 24.2. The third-order valence-electron chi connectivity index (χ3n) is 4.53. The number of carbonyl (C=O) groups is 1. The first-order chi connectivity index (χ1) is 13.5. The van der Waals surface area contributed by atoms with Crippen molar-refractivity contribution < 1.29 is 33.0 Å². The molecule has 0 saturated carbocycles. The lowest BCUT2D eigenvalue weighted by molar-refractivity contribution is -0.149. The maximum Gasteiger partial charge on any atom is 0.459 e. The van der Waals surface area contributed by atoms with Crippen molar-refractivity contribution in [2.75, 3.05) is 6.61 Å². The minimum Gasteiger partial charge on any atom is -0.462 e. The molecule has 0 spiro atoms. The fraction of sp³-hybridized carbons (Fsp3) is 0.611. The van der Waals surface area contributed by atoms with Crippen LogP contribution < -0.4 is 9.61 Å². The van der Waals surface area contributed by atoms with Crippen LogP contribution in [0.2, 0.25) is 0 Å². The summed E-state index contributed by atoms with van der Waals surface area (Å²) < 4.78 is 35.9. The molecule has 1 aliphatic rings. The maximum absolute atomic E-state index is 13.6. The second kappa shape index (κ2) is 9.81. The van der Waals surface area contributed by atoms with Gasteiger partial charge >= 0.3 is 13.7 Å². The van der Waals surface area contributed by atoms with E-state index in [-0.39, 0.29) is 18.5 Å². The van der Waals surface area contributed by atoms with Crippen molar-refractivity contribution >= 4 is 33.2 Å². The van der Waals surface area contributed by atoms with E-state index in [0.29, 0.717) is 0 Å². The highest BCUT2D eigenvalue weighted by molar-refractivity contribution is 7.52. The first-order valence-corrected chi connectivity index (χ1v) is 11.4. The number of halogens is 1. The van der Waals surface area contributed by atoms with Crippen LogP contribution in [0.4, 0.5) is 0 Å². The quantitative estimate of drug-likeness (QED) is 0.256. The van der Waals surface area contributed by atoms with E-state index in [9.17, 15) is 14.5 Å². The Balaban J connectivity index is 2.29. The molecule has 8 nitrogen and oxygen atoms in total. The lowest BCUT2D eigenvalue weighted by Crippen LogP contribution is -2.45. The van der Waals surface area contributed by atoms with E-state index in [1.54, 1.807) is 58.9 Å². The molecule has 0 aliphatic carbocycles. The number of aliphatic hydroxyl groups is 1. The van der Waals surface area contributed by atoms with Gasteiger partial charge in [-0.2, -0.15) is 5.09 Å². The summed E-state index contributed by atoms with van der Waals surface area (Å²) in [6.45, 7) is 6.20. The number of para-hydroxylation sites is 1. The molecule has 1 heterocycles. The Kier molecular flexibility index (Phi) is 8.19. The van der Waals surface area contributed by atoms with Gasteiger partial charge in [0.05, 0.1) is 17.6 Å². The molecule has 162 valence electrons. The van der Waals surface area contributed by atoms with E-state index >= 15 is 0 Å². The molecule has 2 N–H and O–H groups in total. The Hall–Kier alpha value is -1.09. The molecule has 0 bridgehead atoms. The van der Waals surface area contributed by atoms with Crippen molar-refractivity contribution in [1.29, 1.82) is 0 Å². The molecule has 1 saturated heterocycles. The van der Waals surface area contributed by atoms with E-state index in [2.05, 4.69) is 5.09 Å². The van der Waals surface area contributed by atoms with Gasteiger partial charge in [-0.25, -0.2) is 4.57 Å². The molecule has 6 atom stereocenters. The molecule has 0 radical (unpaired) electrons. The van der Waals surface area contributed by atoms with E-state index < -0.39 is 42.8 Å². The van der Waals surface area contributed by atoms with Gasteiger partial charge in [0.15, 0.2) is 0 Å². The van der Waals surface area contributed by atoms with Crippen LogP contribution in [0.15, 0.2) is 30.3 Å². The van der Waals surface area contributed by atoms with Gasteiger partial charge in [0, 0.05) is 6.00 Å². The second-order valence-corrected chi connectivity index (χ2v) is 9.88. The van der Waals surface area contributed by atoms with Crippen LogP contribution in [-0.4, -0.2) is 60.8 Å². The summed E-state index contributed by atoms with van der Waals surface area (Å²) in [5.74, 6) is -0.333. The van der Waals surface area contributed by atoms with Gasteiger partial charge in [0.25, 0.3) is 0 Å². The van der Waals surface area contributed by atoms with Crippen molar-refractivity contribution in [2.45, 2.75) is 62.9 Å². The smallest absolute Gasteiger partial charge is 0.459 e. The first-order valence-electron chi connectivity index (χ1n) is 9.45. The van der Waals surface area contributed by atoms with Gasteiger partial charge < -0.3 is 19.1 Å². The third-order valence-corrected chi connectivity index (χ3v) is 6.71. The standard InChI is InChI=1S/C18H28BClNO7P/c1-11(2)25-16(23)12(3)21-29(24,27-13-8-6-5-7-9-13)28-15-14(10-22)26-17(19)18(15,4)20/h5-9,11-12,14-15,17,22H,10,19H2,1-4H3,(H,21,24)/t12-,14-,15-,17-,18-,29?/m1/s1. The average Bonchev–Trinajstić information content (AvgIpc) is 2.84. The zero-order valence-corrected chi connectivity index (χ0v) is 18.9. The second-order valence-electron chi connectivity index (χ2n) is 7.41. The Morgan fingerprint density at radius 3 is 2.55 bits per heavy atom. The van der Waals surface area contributed by atoms with Crippen LogP contribution in [0.1, 0.15) is 27.7 Å². The summed E-state index contributed by atoms with van der Waals surface area (Å²) >= 11 is 6.58. The average molecular weight is 448 g/mol. The fourth-order valence-electron chi connectivity index (χ4n) is 2.84. The Bertz CT molecular complexity index is 736. The number of hydrogen-bond donors (Lipinski definition) is 2. The maximum atomic E-state index is 13.6. The van der Waals surface area contributed by atoms with Crippen molar-refractivity contribution in [3.05, 3.63) is 30.3 Å². The van der Waals surface area contributed by atoms with Crippen LogP contribution in [0, 0.1) is 0 Å². The SMILES string of the molecule is B[C@@H]1O[C@H](CO)[C@@H](OP(=O)(N[C@H](C)C(=O)OC(C)C)Oc2ccccc2)[C@@]1(C)Cl. The normalized spacial score (nSPS) is 30.0. The monoisotopic (exact) mass is 447 g/mol. The van der Waals surface area contributed by atoms with Gasteiger partial charge in [-0.05, 0) is 39.8 Å². The van der Waals surface area contributed by atoms with Crippen molar-refractivity contribution in [2.24, 2.45) is 0 Å². The number of aliphatic hydroxyl groups excluding tert-OH is 1. The molecule has 1 fully saturated rings. The van der Waals surface area contributed by atoms with E-state index in [4.69, 9.17) is 30.1 Å². The summed E-state index contributed by atoms with van der Waals surface area (Å²) in [6.07, 6.45) is -2.10. The predicted octanol–water partition coefficient (Wildman–Crippen LogP) is 1.84. The molecule has 1 aromatic carbocycles. The highest BCUT2D eigenvalue weighted by Crippen LogP contribution is 2.51. The molecule has 1 unspecified atom stereocenters. The van der Waals surface area contributed by atoms with Crippen molar-refractivity contribution in [3.63, 3.8) is 0 Å². The van der Waals surface area contributed by atoms with Crippen molar-refractivity contribution in [3.8, 4) is 5.75 Å². The van der Waals surface area contributed by atoms with Gasteiger partial charge in [0.2, 0.25) is 0 Å². The molecule has 0 aromatic heterocycles. The van der Waals surface area contributed by atoms with E-state index in [0.717, 1.165) is 0 Å². The summed E-state index contributed by atoms with van der Waals surface area (Å²) in [4.78, 5) is 11.1. The minimum atomic E-state index is -4.13. The molecule has 1 aliphatic heterocycles. The molecular formula is C18H28BClNO7P. The largest absolute Gasteiger partial charge is 0.462 e. The fourth-order valence-corrected chi connectivity index (χ4v) is 4.93. The predicted molar refractivity (Wildman–Crippen MR) is 112 cm³/mol. The Morgan fingerprint density at radius 2 is 2.00 bits per heavy atom. The van der Waals surface area contributed by atoms with Crippen LogP contribution >= 0.6 is 19.3 Å². The Morgan fingerprint density at radius 1 is 1.38 bits per heavy atom. The zero-order valence-electron chi connectivity index (χ0n) is 17.2. The Labute approximate surface area is 177 Å². The lowest BCUT2D eigenvalue weighted by atomic mass is 9.85. The highest BCUT2D eigenvalue weighted by atomic mass is 35.5. The van der Waals surface area contributed by atoms with E-state index in [1.807, 2.05) is 0 Å². The van der Waals surface area contributed by atoms with Crippen LogP contribution in [0.25, 0.3) is 0 Å². The van der Waals surface area contributed by atoms with Crippen molar-refractivity contribution in [1.82, 2.24) is 5.09 Å². The number of carbonyl (C=O) groups excluding carboxylic acids is 1. The van der Waals surface area contributed by atoms with Crippen LogP contribution in [-0.2, 0) is 23.4 Å².